The first-order valence-electron chi connectivity index (χ1n) is 13.2. The Kier molecular flexibility index (Phi) is 9.09. The fraction of sp³-hybridized carbons (Fsp3) is 0.182. The smallest absolute Gasteiger partial charge is 0.338 e. The van der Waals surface area contributed by atoms with E-state index < -0.39 is 12.0 Å². The molecule has 9 heteroatoms. The quantitative estimate of drug-likeness (QED) is 0.141. The second kappa shape index (κ2) is 13.1. The predicted octanol–water partition coefficient (Wildman–Crippen LogP) is 5.27. The van der Waals surface area contributed by atoms with Crippen LogP contribution in [-0.2, 0) is 16.1 Å². The van der Waals surface area contributed by atoms with E-state index in [1.165, 1.54) is 17.4 Å². The number of carbonyl (C=O) groups is 1. The minimum atomic E-state index is -0.681. The zero-order valence-corrected chi connectivity index (χ0v) is 25.2. The van der Waals surface area contributed by atoms with Crippen LogP contribution in [0.3, 0.4) is 0 Å². The molecular formula is C33H30N2O5S2. The summed E-state index contributed by atoms with van der Waals surface area (Å²) in [7, 11) is 1.58. The van der Waals surface area contributed by atoms with Crippen molar-refractivity contribution >= 4 is 35.1 Å². The van der Waals surface area contributed by atoms with E-state index in [0.717, 1.165) is 21.6 Å². The lowest BCUT2D eigenvalue weighted by atomic mass is 9.96. The normalized spacial score (nSPS) is 14.6. The maximum Gasteiger partial charge on any atom is 0.338 e. The number of fused-ring (bicyclic) bond motifs is 1. The Labute approximate surface area is 252 Å². The van der Waals surface area contributed by atoms with E-state index >= 15 is 0 Å². The van der Waals surface area contributed by atoms with Crippen LogP contribution < -0.4 is 24.4 Å². The summed E-state index contributed by atoms with van der Waals surface area (Å²) in [5.74, 6) is 0.634. The van der Waals surface area contributed by atoms with Crippen LogP contribution in [0.15, 0.2) is 111 Å². The molecule has 0 fully saturated rings. The lowest BCUT2D eigenvalue weighted by molar-refractivity contribution is -0.138. The van der Waals surface area contributed by atoms with Crippen molar-refractivity contribution in [1.82, 2.24) is 4.57 Å². The molecule has 1 aromatic heterocycles. The van der Waals surface area contributed by atoms with E-state index in [0.29, 0.717) is 38.7 Å². The van der Waals surface area contributed by atoms with Gasteiger partial charge in [0.15, 0.2) is 16.3 Å². The number of allylic oxidation sites excluding steroid dienone is 1. The summed E-state index contributed by atoms with van der Waals surface area (Å²) >= 11 is 2.89. The first kappa shape index (κ1) is 29.2. The number of thiazole rings is 1. The van der Waals surface area contributed by atoms with Crippen LogP contribution in [0, 0.1) is 0 Å². The van der Waals surface area contributed by atoms with Crippen molar-refractivity contribution in [1.29, 1.82) is 0 Å². The molecule has 1 aliphatic heterocycles. The second-order valence-electron chi connectivity index (χ2n) is 9.43. The first-order chi connectivity index (χ1) is 20.4. The number of methoxy groups -OCH3 is 1. The highest BCUT2D eigenvalue weighted by atomic mass is 32.2. The fourth-order valence-corrected chi connectivity index (χ4v) is 6.13. The highest BCUT2D eigenvalue weighted by Gasteiger charge is 2.33. The number of hydrogen-bond acceptors (Lipinski definition) is 8. The molecule has 0 aliphatic carbocycles. The fourth-order valence-electron chi connectivity index (χ4n) is 4.68. The molecule has 0 saturated heterocycles. The molecule has 2 heterocycles. The molecule has 0 amide bonds. The summed E-state index contributed by atoms with van der Waals surface area (Å²) in [5, 5.41) is 0. The zero-order chi connectivity index (χ0) is 29.6. The summed E-state index contributed by atoms with van der Waals surface area (Å²) in [6.07, 6.45) is 5.31. The molecule has 5 rings (SSSR count). The van der Waals surface area contributed by atoms with Crippen LogP contribution >= 0.6 is 23.1 Å². The van der Waals surface area contributed by atoms with Gasteiger partial charge in [0.25, 0.3) is 5.56 Å². The lowest BCUT2D eigenvalue weighted by Gasteiger charge is -2.24. The van der Waals surface area contributed by atoms with E-state index in [9.17, 15) is 9.59 Å². The summed E-state index contributed by atoms with van der Waals surface area (Å²) in [5.41, 5.74) is 3.20. The Balaban J connectivity index is 1.55. The van der Waals surface area contributed by atoms with Crippen LogP contribution in [0.1, 0.15) is 29.7 Å². The minimum Gasteiger partial charge on any atom is -0.493 e. The molecule has 0 N–H and O–H groups in total. The average molecular weight is 599 g/mol. The number of thioether (sulfide) groups is 1. The Bertz CT molecular complexity index is 1820. The molecular weight excluding hydrogens is 569 g/mol. The van der Waals surface area contributed by atoms with Crippen molar-refractivity contribution < 1.29 is 19.0 Å². The molecule has 214 valence electrons. The van der Waals surface area contributed by atoms with E-state index in [4.69, 9.17) is 14.2 Å². The first-order valence-corrected chi connectivity index (χ1v) is 15.3. The Hall–Kier alpha value is -4.34. The van der Waals surface area contributed by atoms with Gasteiger partial charge in [-0.25, -0.2) is 9.79 Å². The standard InChI is InChI=1S/C33H30N2O5S2/c1-5-17-39-32(37)29-21(2)34-33-35(30(29)24-12-14-25(41-4)15-13-24)31(36)28(42-33)19-23-11-16-26(27(18-23)38-3)40-20-22-9-7-6-8-10-22/h5-16,18-19,30H,1,17,20H2,2-4H3. The monoisotopic (exact) mass is 598 g/mol. The van der Waals surface area contributed by atoms with Crippen molar-refractivity contribution in [2.45, 2.75) is 24.5 Å². The van der Waals surface area contributed by atoms with Gasteiger partial charge in [-0.2, -0.15) is 0 Å². The minimum absolute atomic E-state index is 0.0606. The van der Waals surface area contributed by atoms with Crippen LogP contribution in [-0.4, -0.2) is 30.5 Å². The third kappa shape index (κ3) is 6.12. The summed E-state index contributed by atoms with van der Waals surface area (Å²) in [6, 6.07) is 22.6. The van der Waals surface area contributed by atoms with Crippen molar-refractivity contribution in [3.63, 3.8) is 0 Å². The van der Waals surface area contributed by atoms with E-state index in [2.05, 4.69) is 11.6 Å². The molecule has 1 unspecified atom stereocenters. The third-order valence-electron chi connectivity index (χ3n) is 6.73. The Morgan fingerprint density at radius 2 is 1.86 bits per heavy atom. The number of rotatable bonds is 10. The van der Waals surface area contributed by atoms with E-state index in [-0.39, 0.29) is 12.2 Å². The van der Waals surface area contributed by atoms with Gasteiger partial charge in [-0.1, -0.05) is 72.5 Å². The molecule has 1 aliphatic rings. The van der Waals surface area contributed by atoms with Gasteiger partial charge in [0.05, 0.1) is 29.0 Å². The van der Waals surface area contributed by atoms with Crippen LogP contribution in [0.5, 0.6) is 11.5 Å². The summed E-state index contributed by atoms with van der Waals surface area (Å²) in [6.45, 7) is 5.87. The molecule has 0 saturated carbocycles. The number of hydrogen-bond donors (Lipinski definition) is 0. The molecule has 0 spiro atoms. The van der Waals surface area contributed by atoms with Gasteiger partial charge >= 0.3 is 5.97 Å². The Morgan fingerprint density at radius 3 is 2.55 bits per heavy atom. The maximum atomic E-state index is 13.9. The molecule has 42 heavy (non-hydrogen) atoms. The predicted molar refractivity (Wildman–Crippen MR) is 167 cm³/mol. The van der Waals surface area contributed by atoms with Crippen LogP contribution in [0.25, 0.3) is 6.08 Å². The largest absolute Gasteiger partial charge is 0.493 e. The number of benzene rings is 3. The lowest BCUT2D eigenvalue weighted by Crippen LogP contribution is -2.39. The summed E-state index contributed by atoms with van der Waals surface area (Å²) in [4.78, 5) is 33.4. The van der Waals surface area contributed by atoms with Crippen molar-refractivity contribution in [2.24, 2.45) is 4.99 Å². The zero-order valence-electron chi connectivity index (χ0n) is 23.5. The molecule has 0 bridgehead atoms. The highest BCUT2D eigenvalue weighted by molar-refractivity contribution is 7.98. The SMILES string of the molecule is C=CCOC(=O)C1=C(C)N=c2sc(=Cc3ccc(OCc4ccccc4)c(OC)c3)c(=O)n2C1c1ccc(SC)cc1. The van der Waals surface area contributed by atoms with Gasteiger partial charge < -0.3 is 14.2 Å². The van der Waals surface area contributed by atoms with Gasteiger partial charge in [0, 0.05) is 4.90 Å². The van der Waals surface area contributed by atoms with Crippen LogP contribution in [0.4, 0.5) is 0 Å². The van der Waals surface area contributed by atoms with Crippen LogP contribution in [0.2, 0.25) is 0 Å². The topological polar surface area (TPSA) is 79.1 Å². The number of esters is 1. The highest BCUT2D eigenvalue weighted by Crippen LogP contribution is 2.32. The molecule has 0 radical (unpaired) electrons. The molecule has 1 atom stereocenters. The number of carbonyl (C=O) groups excluding carboxylic acids is 1. The van der Waals surface area contributed by atoms with Gasteiger partial charge in [-0.05, 0) is 60.2 Å². The molecule has 3 aromatic carbocycles. The maximum absolute atomic E-state index is 13.9. The van der Waals surface area contributed by atoms with Gasteiger partial charge in [-0.15, -0.1) is 11.8 Å². The number of ether oxygens (including phenoxy) is 3. The molecule has 7 nitrogen and oxygen atoms in total. The van der Waals surface area contributed by atoms with Gasteiger partial charge in [0.2, 0.25) is 0 Å². The van der Waals surface area contributed by atoms with Crippen molar-refractivity contribution in [2.75, 3.05) is 20.0 Å². The van der Waals surface area contributed by atoms with E-state index in [1.807, 2.05) is 79.1 Å². The van der Waals surface area contributed by atoms with Gasteiger partial charge in [-0.3, -0.25) is 9.36 Å². The number of nitrogens with zero attached hydrogens (tertiary/aromatic N) is 2. The van der Waals surface area contributed by atoms with Crippen molar-refractivity contribution in [3.8, 4) is 11.5 Å². The molecule has 4 aromatic rings. The van der Waals surface area contributed by atoms with Gasteiger partial charge in [0.1, 0.15) is 13.2 Å². The third-order valence-corrected chi connectivity index (χ3v) is 8.45. The average Bonchev–Trinajstić information content (AvgIpc) is 3.32. The number of aromatic nitrogens is 1. The second-order valence-corrected chi connectivity index (χ2v) is 11.3. The van der Waals surface area contributed by atoms with Crippen molar-refractivity contribution in [3.05, 3.63) is 133 Å². The summed E-state index contributed by atoms with van der Waals surface area (Å²) < 4.78 is 19.1. The van der Waals surface area contributed by atoms with E-state index in [1.54, 1.807) is 36.4 Å². The Morgan fingerprint density at radius 1 is 1.10 bits per heavy atom.